The van der Waals surface area contributed by atoms with Crippen molar-refractivity contribution >= 4 is 33.9 Å². The van der Waals surface area contributed by atoms with Gasteiger partial charge in [0.2, 0.25) is 5.13 Å². The minimum absolute atomic E-state index is 0.0202. The smallest absolute Gasteiger partial charge is 0.301 e. The van der Waals surface area contributed by atoms with Crippen molar-refractivity contribution in [2.45, 2.75) is 13.0 Å². The number of ether oxygens (including phenoxy) is 2. The zero-order valence-electron chi connectivity index (χ0n) is 17.0. The number of ketones is 1. The summed E-state index contributed by atoms with van der Waals surface area (Å²) in [5.41, 5.74) is 1.00. The lowest BCUT2D eigenvalue weighted by molar-refractivity contribution is -0.132. The molecule has 1 atom stereocenters. The number of Topliss-reactive ketones (excluding diaryl/α,β-unsaturated/α-hetero) is 1. The van der Waals surface area contributed by atoms with Crippen LogP contribution in [0.5, 0.6) is 11.5 Å². The van der Waals surface area contributed by atoms with Crippen molar-refractivity contribution in [3.05, 3.63) is 70.2 Å². The first-order valence-corrected chi connectivity index (χ1v) is 10.2. The van der Waals surface area contributed by atoms with Gasteiger partial charge in [0.25, 0.3) is 5.78 Å². The molecule has 0 radical (unpaired) electrons. The van der Waals surface area contributed by atoms with E-state index in [1.165, 1.54) is 23.3 Å². The molecule has 1 amide bonds. The van der Waals surface area contributed by atoms with Crippen molar-refractivity contribution < 1.29 is 24.2 Å². The van der Waals surface area contributed by atoms with E-state index in [2.05, 4.69) is 10.2 Å². The van der Waals surface area contributed by atoms with Gasteiger partial charge in [0.15, 0.2) is 0 Å². The summed E-state index contributed by atoms with van der Waals surface area (Å²) in [5.74, 6) is -0.602. The Labute approximate surface area is 182 Å². The summed E-state index contributed by atoms with van der Waals surface area (Å²) >= 11 is 1.20. The Kier molecular flexibility index (Phi) is 5.43. The van der Waals surface area contributed by atoms with E-state index in [-0.39, 0.29) is 16.5 Å². The minimum Gasteiger partial charge on any atom is -0.507 e. The summed E-state index contributed by atoms with van der Waals surface area (Å²) in [7, 11) is 3.09. The summed E-state index contributed by atoms with van der Waals surface area (Å²) in [4.78, 5) is 27.3. The lowest BCUT2D eigenvalue weighted by atomic mass is 9.95. The van der Waals surface area contributed by atoms with Crippen molar-refractivity contribution in [1.29, 1.82) is 0 Å². The zero-order chi connectivity index (χ0) is 22.1. The number of anilines is 1. The van der Waals surface area contributed by atoms with Crippen molar-refractivity contribution in [2.24, 2.45) is 0 Å². The highest BCUT2D eigenvalue weighted by Gasteiger charge is 2.48. The number of benzene rings is 2. The SMILES string of the molecule is COc1ccc(/C(O)=C2/C(=O)C(=O)N(c3nnc(C)s3)C2c2ccc(OC)cc2)cc1. The summed E-state index contributed by atoms with van der Waals surface area (Å²) in [6.45, 7) is 1.76. The average Bonchev–Trinajstić information content (AvgIpc) is 3.34. The maximum atomic E-state index is 13.0. The molecule has 1 saturated heterocycles. The second kappa shape index (κ2) is 8.19. The minimum atomic E-state index is -0.861. The monoisotopic (exact) mass is 437 g/mol. The number of carbonyl (C=O) groups excluding carboxylic acids is 2. The quantitative estimate of drug-likeness (QED) is 0.370. The number of aryl methyl sites for hydroxylation is 1. The number of hydrogen-bond acceptors (Lipinski definition) is 8. The molecule has 1 unspecified atom stereocenters. The Bertz CT molecular complexity index is 1170. The van der Waals surface area contributed by atoms with Crippen LogP contribution in [0.4, 0.5) is 5.13 Å². The van der Waals surface area contributed by atoms with Crippen LogP contribution in [-0.2, 0) is 9.59 Å². The Balaban J connectivity index is 1.90. The molecular formula is C22H19N3O5S. The highest BCUT2D eigenvalue weighted by Crippen LogP contribution is 2.43. The summed E-state index contributed by atoms with van der Waals surface area (Å²) < 4.78 is 10.4. The van der Waals surface area contributed by atoms with Gasteiger partial charge in [0.05, 0.1) is 25.8 Å². The van der Waals surface area contributed by atoms with Crippen LogP contribution in [0.25, 0.3) is 5.76 Å². The van der Waals surface area contributed by atoms with Crippen LogP contribution in [0.3, 0.4) is 0 Å². The number of aliphatic hydroxyl groups excluding tert-OH is 1. The predicted molar refractivity (Wildman–Crippen MR) is 115 cm³/mol. The van der Waals surface area contributed by atoms with Gasteiger partial charge < -0.3 is 14.6 Å². The molecule has 2 heterocycles. The molecule has 1 aliphatic heterocycles. The number of amides is 1. The third kappa shape index (κ3) is 3.64. The van der Waals surface area contributed by atoms with Gasteiger partial charge in [0, 0.05) is 5.56 Å². The van der Waals surface area contributed by atoms with E-state index in [1.807, 2.05) is 0 Å². The van der Waals surface area contributed by atoms with Gasteiger partial charge in [-0.05, 0) is 48.9 Å². The molecule has 158 valence electrons. The van der Waals surface area contributed by atoms with Gasteiger partial charge in [-0.15, -0.1) is 10.2 Å². The number of methoxy groups -OCH3 is 2. The van der Waals surface area contributed by atoms with Gasteiger partial charge in [-0.1, -0.05) is 23.5 Å². The summed E-state index contributed by atoms with van der Waals surface area (Å²) in [6.07, 6.45) is 0. The van der Waals surface area contributed by atoms with E-state index in [9.17, 15) is 14.7 Å². The van der Waals surface area contributed by atoms with Crippen LogP contribution in [0, 0.1) is 6.92 Å². The van der Waals surface area contributed by atoms with Crippen molar-refractivity contribution in [3.63, 3.8) is 0 Å². The largest absolute Gasteiger partial charge is 0.507 e. The predicted octanol–water partition coefficient (Wildman–Crippen LogP) is 3.49. The number of rotatable bonds is 5. The van der Waals surface area contributed by atoms with Crippen molar-refractivity contribution in [1.82, 2.24) is 10.2 Å². The zero-order valence-corrected chi connectivity index (χ0v) is 17.8. The van der Waals surface area contributed by atoms with Crippen LogP contribution >= 0.6 is 11.3 Å². The molecule has 0 spiro atoms. The van der Waals surface area contributed by atoms with Crippen LogP contribution in [0.1, 0.15) is 22.2 Å². The topological polar surface area (TPSA) is 102 Å². The molecule has 1 N–H and O–H groups in total. The third-order valence-corrected chi connectivity index (χ3v) is 5.80. The maximum Gasteiger partial charge on any atom is 0.301 e. The summed E-state index contributed by atoms with van der Waals surface area (Å²) in [5, 5.41) is 20.0. The molecule has 1 aliphatic rings. The first kappa shape index (κ1) is 20.5. The number of hydrogen-bond donors (Lipinski definition) is 1. The average molecular weight is 437 g/mol. The van der Waals surface area contributed by atoms with E-state index in [4.69, 9.17) is 9.47 Å². The van der Waals surface area contributed by atoms with Crippen LogP contribution < -0.4 is 14.4 Å². The van der Waals surface area contributed by atoms with E-state index in [0.29, 0.717) is 27.6 Å². The Hall–Kier alpha value is -3.72. The van der Waals surface area contributed by atoms with E-state index in [0.717, 1.165) is 0 Å². The second-order valence-corrected chi connectivity index (χ2v) is 7.93. The lowest BCUT2D eigenvalue weighted by Crippen LogP contribution is -2.29. The highest BCUT2D eigenvalue weighted by molar-refractivity contribution is 7.15. The first-order valence-electron chi connectivity index (χ1n) is 9.34. The van der Waals surface area contributed by atoms with Gasteiger partial charge in [-0.2, -0.15) is 0 Å². The molecule has 31 heavy (non-hydrogen) atoms. The van der Waals surface area contributed by atoms with Crippen molar-refractivity contribution in [3.8, 4) is 11.5 Å². The van der Waals surface area contributed by atoms with Gasteiger partial charge in [0.1, 0.15) is 22.3 Å². The second-order valence-electron chi connectivity index (χ2n) is 6.77. The molecule has 9 heteroatoms. The van der Waals surface area contributed by atoms with Gasteiger partial charge in [-0.3, -0.25) is 14.5 Å². The van der Waals surface area contributed by atoms with Gasteiger partial charge >= 0.3 is 5.91 Å². The third-order valence-electron chi connectivity index (χ3n) is 4.96. The molecule has 8 nitrogen and oxygen atoms in total. The van der Waals surface area contributed by atoms with Crippen LogP contribution in [-0.4, -0.2) is 41.2 Å². The fourth-order valence-electron chi connectivity index (χ4n) is 3.42. The molecule has 2 aromatic carbocycles. The van der Waals surface area contributed by atoms with E-state index >= 15 is 0 Å². The number of carbonyl (C=O) groups is 2. The molecule has 3 aromatic rings. The first-order chi connectivity index (χ1) is 14.9. The fraction of sp³-hybridized carbons (Fsp3) is 0.182. The van der Waals surface area contributed by atoms with Crippen molar-refractivity contribution in [2.75, 3.05) is 19.1 Å². The fourth-order valence-corrected chi connectivity index (χ4v) is 4.13. The highest BCUT2D eigenvalue weighted by atomic mass is 32.1. The molecule has 0 bridgehead atoms. The molecule has 1 aromatic heterocycles. The van der Waals surface area contributed by atoms with Crippen LogP contribution in [0.2, 0.25) is 0 Å². The number of nitrogens with zero attached hydrogens (tertiary/aromatic N) is 3. The van der Waals surface area contributed by atoms with Gasteiger partial charge in [-0.25, -0.2) is 0 Å². The van der Waals surface area contributed by atoms with E-state index in [1.54, 1.807) is 62.6 Å². The Morgan fingerprint density at radius 2 is 1.55 bits per heavy atom. The summed E-state index contributed by atoms with van der Waals surface area (Å²) in [6, 6.07) is 12.7. The molecular weight excluding hydrogens is 418 g/mol. The molecule has 0 saturated carbocycles. The normalized spacial score (nSPS) is 17.8. The Morgan fingerprint density at radius 1 is 0.968 bits per heavy atom. The molecule has 1 fully saturated rings. The molecule has 0 aliphatic carbocycles. The van der Waals surface area contributed by atoms with E-state index < -0.39 is 17.7 Å². The lowest BCUT2D eigenvalue weighted by Gasteiger charge is -2.22. The standard InChI is InChI=1S/C22H19N3O5S/c1-12-23-24-22(31-12)25-18(13-4-8-15(29-2)9-5-13)17(20(27)21(25)28)19(26)14-6-10-16(30-3)11-7-14/h4-11,18,26H,1-3H3/b19-17-. The number of aliphatic hydroxyl groups is 1. The molecule has 4 rings (SSSR count). The van der Waals surface area contributed by atoms with Crippen LogP contribution in [0.15, 0.2) is 54.1 Å². The Morgan fingerprint density at radius 3 is 2.06 bits per heavy atom. The number of aromatic nitrogens is 2. The maximum absolute atomic E-state index is 13.0.